The van der Waals surface area contributed by atoms with Crippen LogP contribution in [0.1, 0.15) is 0 Å². The maximum absolute atomic E-state index is 12.2. The standard InChI is InChI=1S/C18H22N4O2/c1-21-10-12-22(13-11-21)17-5-3-2-4-16(17)20-18(24)19-14-6-8-15(23)9-7-14/h2-9,23H,10-13H2,1H3,(H2,19,20,24). The van der Waals surface area contributed by atoms with Gasteiger partial charge in [0.25, 0.3) is 0 Å². The summed E-state index contributed by atoms with van der Waals surface area (Å²) in [7, 11) is 2.12. The number of likely N-dealkylation sites (N-methyl/N-ethyl adjacent to an activating group) is 1. The number of piperazine rings is 1. The number of carbonyl (C=O) groups excluding carboxylic acids is 1. The van der Waals surface area contributed by atoms with E-state index < -0.39 is 0 Å². The molecule has 3 N–H and O–H groups in total. The number of hydrogen-bond donors (Lipinski definition) is 3. The summed E-state index contributed by atoms with van der Waals surface area (Å²) in [6.07, 6.45) is 0. The lowest BCUT2D eigenvalue weighted by atomic mass is 10.2. The van der Waals surface area contributed by atoms with Crippen LogP contribution in [0.3, 0.4) is 0 Å². The Bertz CT molecular complexity index is 694. The molecular formula is C18H22N4O2. The topological polar surface area (TPSA) is 67.8 Å². The van der Waals surface area contributed by atoms with Gasteiger partial charge in [-0.25, -0.2) is 4.79 Å². The summed E-state index contributed by atoms with van der Waals surface area (Å²) in [6.45, 7) is 3.89. The fourth-order valence-corrected chi connectivity index (χ4v) is 2.73. The monoisotopic (exact) mass is 326 g/mol. The van der Waals surface area contributed by atoms with Crippen LogP contribution in [0.4, 0.5) is 21.9 Å². The number of phenols is 1. The summed E-state index contributed by atoms with van der Waals surface area (Å²) in [5.41, 5.74) is 2.45. The number of hydrogen-bond acceptors (Lipinski definition) is 4. The van der Waals surface area contributed by atoms with Gasteiger partial charge in [0, 0.05) is 31.9 Å². The van der Waals surface area contributed by atoms with Crippen LogP contribution in [-0.2, 0) is 0 Å². The van der Waals surface area contributed by atoms with E-state index in [0.717, 1.165) is 37.6 Å². The molecule has 1 heterocycles. The van der Waals surface area contributed by atoms with E-state index in [4.69, 9.17) is 0 Å². The molecule has 1 aliphatic heterocycles. The van der Waals surface area contributed by atoms with Crippen molar-refractivity contribution in [2.45, 2.75) is 0 Å². The highest BCUT2D eigenvalue weighted by molar-refractivity contribution is 6.01. The fraction of sp³-hybridized carbons (Fsp3) is 0.278. The first kappa shape index (κ1) is 16.1. The number of nitrogens with one attached hydrogen (secondary N) is 2. The lowest BCUT2D eigenvalue weighted by Crippen LogP contribution is -2.44. The van der Waals surface area contributed by atoms with Crippen molar-refractivity contribution < 1.29 is 9.90 Å². The van der Waals surface area contributed by atoms with Crippen LogP contribution in [-0.4, -0.2) is 49.3 Å². The van der Waals surface area contributed by atoms with Crippen LogP contribution in [0.2, 0.25) is 0 Å². The van der Waals surface area contributed by atoms with Gasteiger partial charge in [-0.3, -0.25) is 0 Å². The van der Waals surface area contributed by atoms with Gasteiger partial charge in [-0.1, -0.05) is 12.1 Å². The Morgan fingerprint density at radius 2 is 1.62 bits per heavy atom. The first-order valence-electron chi connectivity index (χ1n) is 8.01. The Morgan fingerprint density at radius 1 is 0.958 bits per heavy atom. The van der Waals surface area contributed by atoms with Gasteiger partial charge in [-0.15, -0.1) is 0 Å². The maximum Gasteiger partial charge on any atom is 0.323 e. The van der Waals surface area contributed by atoms with Crippen molar-refractivity contribution in [2.75, 3.05) is 48.8 Å². The molecule has 0 radical (unpaired) electrons. The first-order chi connectivity index (χ1) is 11.6. The highest BCUT2D eigenvalue weighted by Crippen LogP contribution is 2.26. The van der Waals surface area contributed by atoms with E-state index in [9.17, 15) is 9.90 Å². The normalized spacial score (nSPS) is 15.1. The van der Waals surface area contributed by atoms with Crippen molar-refractivity contribution in [3.8, 4) is 5.75 Å². The molecule has 2 aromatic carbocycles. The van der Waals surface area contributed by atoms with Gasteiger partial charge in [-0.2, -0.15) is 0 Å². The first-order valence-corrected chi connectivity index (χ1v) is 8.01. The molecule has 6 nitrogen and oxygen atoms in total. The third-order valence-corrected chi connectivity index (χ3v) is 4.12. The highest BCUT2D eigenvalue weighted by atomic mass is 16.3. The second-order valence-corrected chi connectivity index (χ2v) is 5.93. The van der Waals surface area contributed by atoms with E-state index in [1.54, 1.807) is 12.1 Å². The number of nitrogens with zero attached hydrogens (tertiary/aromatic N) is 2. The number of anilines is 3. The largest absolute Gasteiger partial charge is 0.508 e. The van der Waals surface area contributed by atoms with Crippen molar-refractivity contribution in [1.29, 1.82) is 0 Å². The minimum absolute atomic E-state index is 0.168. The molecule has 0 spiro atoms. The van der Waals surface area contributed by atoms with E-state index in [-0.39, 0.29) is 11.8 Å². The Balaban J connectivity index is 1.68. The van der Waals surface area contributed by atoms with Gasteiger partial charge in [0.1, 0.15) is 5.75 Å². The summed E-state index contributed by atoms with van der Waals surface area (Å²) in [5.74, 6) is 0.168. The van der Waals surface area contributed by atoms with Gasteiger partial charge < -0.3 is 25.5 Å². The van der Waals surface area contributed by atoms with Crippen molar-refractivity contribution >= 4 is 23.1 Å². The Hall–Kier alpha value is -2.73. The van der Waals surface area contributed by atoms with Crippen LogP contribution in [0, 0.1) is 0 Å². The number of benzene rings is 2. The number of urea groups is 1. The van der Waals surface area contributed by atoms with E-state index >= 15 is 0 Å². The predicted molar refractivity (Wildman–Crippen MR) is 96.9 cm³/mol. The predicted octanol–water partition coefficient (Wildman–Crippen LogP) is 2.79. The molecule has 0 aromatic heterocycles. The molecular weight excluding hydrogens is 304 g/mol. The molecule has 3 rings (SSSR count). The molecule has 2 amide bonds. The second kappa shape index (κ2) is 7.23. The molecule has 0 atom stereocenters. The lowest BCUT2D eigenvalue weighted by molar-refractivity contribution is 0.262. The van der Waals surface area contributed by atoms with Gasteiger partial charge in [0.2, 0.25) is 0 Å². The Kier molecular flexibility index (Phi) is 4.86. The molecule has 0 unspecified atom stereocenters. The van der Waals surface area contributed by atoms with Gasteiger partial charge in [0.15, 0.2) is 0 Å². The van der Waals surface area contributed by atoms with Crippen molar-refractivity contribution in [1.82, 2.24) is 4.90 Å². The van der Waals surface area contributed by atoms with Crippen molar-refractivity contribution in [2.24, 2.45) is 0 Å². The fourth-order valence-electron chi connectivity index (χ4n) is 2.73. The summed E-state index contributed by atoms with van der Waals surface area (Å²) in [5, 5.41) is 15.0. The van der Waals surface area contributed by atoms with E-state index in [2.05, 4.69) is 27.5 Å². The van der Waals surface area contributed by atoms with Gasteiger partial charge in [0.05, 0.1) is 11.4 Å². The minimum atomic E-state index is -0.303. The van der Waals surface area contributed by atoms with E-state index in [1.165, 1.54) is 12.1 Å². The third kappa shape index (κ3) is 3.97. The zero-order valence-corrected chi connectivity index (χ0v) is 13.7. The average molecular weight is 326 g/mol. The van der Waals surface area contributed by atoms with Crippen LogP contribution < -0.4 is 15.5 Å². The molecule has 0 saturated carbocycles. The molecule has 126 valence electrons. The SMILES string of the molecule is CN1CCN(c2ccccc2NC(=O)Nc2ccc(O)cc2)CC1. The molecule has 1 aliphatic rings. The summed E-state index contributed by atoms with van der Waals surface area (Å²) < 4.78 is 0. The Morgan fingerprint density at radius 3 is 2.33 bits per heavy atom. The highest BCUT2D eigenvalue weighted by Gasteiger charge is 2.17. The molecule has 0 bridgehead atoms. The lowest BCUT2D eigenvalue weighted by Gasteiger charge is -2.35. The number of phenolic OH excluding ortho intramolecular Hbond substituents is 1. The van der Waals surface area contributed by atoms with Gasteiger partial charge >= 0.3 is 6.03 Å². The van der Waals surface area contributed by atoms with Crippen LogP contribution >= 0.6 is 0 Å². The molecule has 1 saturated heterocycles. The molecule has 2 aromatic rings. The summed E-state index contributed by atoms with van der Waals surface area (Å²) in [6, 6.07) is 13.9. The smallest absolute Gasteiger partial charge is 0.323 e. The zero-order chi connectivity index (χ0) is 16.9. The molecule has 6 heteroatoms. The molecule has 1 fully saturated rings. The third-order valence-electron chi connectivity index (χ3n) is 4.12. The van der Waals surface area contributed by atoms with Crippen molar-refractivity contribution in [3.05, 3.63) is 48.5 Å². The average Bonchev–Trinajstić information content (AvgIpc) is 2.58. The van der Waals surface area contributed by atoms with Gasteiger partial charge in [-0.05, 0) is 43.4 Å². The second-order valence-electron chi connectivity index (χ2n) is 5.93. The number of carbonyl (C=O) groups is 1. The maximum atomic E-state index is 12.2. The number of amides is 2. The van der Waals surface area contributed by atoms with Crippen molar-refractivity contribution in [3.63, 3.8) is 0 Å². The van der Waals surface area contributed by atoms with Crippen LogP contribution in [0.15, 0.2) is 48.5 Å². The summed E-state index contributed by atoms with van der Waals surface area (Å²) in [4.78, 5) is 16.8. The minimum Gasteiger partial charge on any atom is -0.508 e. The number of para-hydroxylation sites is 2. The van der Waals surface area contributed by atoms with Crippen LogP contribution in [0.5, 0.6) is 5.75 Å². The summed E-state index contributed by atoms with van der Waals surface area (Å²) >= 11 is 0. The number of aromatic hydroxyl groups is 1. The van der Waals surface area contributed by atoms with Crippen LogP contribution in [0.25, 0.3) is 0 Å². The molecule has 0 aliphatic carbocycles. The molecule has 24 heavy (non-hydrogen) atoms. The quantitative estimate of drug-likeness (QED) is 0.759. The number of rotatable bonds is 3. The zero-order valence-electron chi connectivity index (χ0n) is 13.7. The van der Waals surface area contributed by atoms with E-state index in [0.29, 0.717) is 5.69 Å². The Labute approximate surface area is 141 Å². The van der Waals surface area contributed by atoms with E-state index in [1.807, 2.05) is 24.3 Å².